The normalized spacial score (nSPS) is 32.2. The fourth-order valence-electron chi connectivity index (χ4n) is 2.72. The summed E-state index contributed by atoms with van der Waals surface area (Å²) < 4.78 is 0. The summed E-state index contributed by atoms with van der Waals surface area (Å²) in [4.78, 5) is 17.4. The lowest BCUT2D eigenvalue weighted by Crippen LogP contribution is -2.37. The molecule has 0 radical (unpaired) electrons. The monoisotopic (exact) mass is 291 g/mol. The van der Waals surface area contributed by atoms with Crippen molar-refractivity contribution in [3.05, 3.63) is 32.5 Å². The van der Waals surface area contributed by atoms with Crippen molar-refractivity contribution in [2.45, 2.75) is 51.6 Å². The standard InChI is InChI=1S/C13H21N7O/c1-3-9-6-8(2)4-5-11(14)10(13(21)18-20-16)7-12(9)17-19-15/h6,8,10-12H,3-5,7,14H2,1-2H3/b9-6-. The molecule has 4 unspecified atom stereocenters. The molecule has 0 aromatic heterocycles. The van der Waals surface area contributed by atoms with Crippen molar-refractivity contribution < 1.29 is 4.79 Å². The Balaban J connectivity index is 3.17. The van der Waals surface area contributed by atoms with Crippen molar-refractivity contribution in [1.29, 1.82) is 0 Å². The summed E-state index contributed by atoms with van der Waals surface area (Å²) in [6.07, 6.45) is 4.64. The van der Waals surface area contributed by atoms with E-state index in [4.69, 9.17) is 16.8 Å². The van der Waals surface area contributed by atoms with Gasteiger partial charge in [-0.15, -0.1) is 0 Å². The highest BCUT2D eigenvalue weighted by Crippen LogP contribution is 2.28. The van der Waals surface area contributed by atoms with E-state index in [0.717, 1.165) is 18.4 Å². The van der Waals surface area contributed by atoms with Gasteiger partial charge in [-0.2, -0.15) is 0 Å². The molecule has 8 heteroatoms. The van der Waals surface area contributed by atoms with Gasteiger partial charge in [0.25, 0.3) is 0 Å². The van der Waals surface area contributed by atoms with Crippen molar-refractivity contribution in [2.75, 3.05) is 0 Å². The van der Waals surface area contributed by atoms with E-state index in [-0.39, 0.29) is 6.42 Å². The Morgan fingerprint density at radius 3 is 2.71 bits per heavy atom. The van der Waals surface area contributed by atoms with E-state index in [1.165, 1.54) is 0 Å². The first-order chi connectivity index (χ1) is 10.0. The van der Waals surface area contributed by atoms with Gasteiger partial charge in [-0.3, -0.25) is 4.79 Å². The molecular formula is C13H21N7O. The van der Waals surface area contributed by atoms with Crippen LogP contribution in [0.1, 0.15) is 39.5 Å². The number of hydrogen-bond acceptors (Lipinski definition) is 3. The first-order valence-corrected chi connectivity index (χ1v) is 7.12. The molecule has 8 nitrogen and oxygen atoms in total. The van der Waals surface area contributed by atoms with Gasteiger partial charge < -0.3 is 5.73 Å². The third-order valence-electron chi connectivity index (χ3n) is 3.94. The Morgan fingerprint density at radius 1 is 1.43 bits per heavy atom. The van der Waals surface area contributed by atoms with E-state index in [1.807, 2.05) is 6.92 Å². The predicted molar refractivity (Wildman–Crippen MR) is 79.9 cm³/mol. The maximum atomic E-state index is 12.0. The molecule has 0 bridgehead atoms. The molecule has 4 atom stereocenters. The van der Waals surface area contributed by atoms with Gasteiger partial charge in [-0.25, -0.2) is 0 Å². The van der Waals surface area contributed by atoms with E-state index in [1.54, 1.807) is 0 Å². The van der Waals surface area contributed by atoms with Gasteiger partial charge >= 0.3 is 0 Å². The molecule has 0 aromatic carbocycles. The van der Waals surface area contributed by atoms with Crippen LogP contribution in [0.2, 0.25) is 0 Å². The van der Waals surface area contributed by atoms with Gasteiger partial charge in [0, 0.05) is 21.8 Å². The van der Waals surface area contributed by atoms with Crippen LogP contribution in [0, 0.1) is 11.8 Å². The highest BCUT2D eigenvalue weighted by molar-refractivity contribution is 5.80. The van der Waals surface area contributed by atoms with Crippen LogP contribution < -0.4 is 5.73 Å². The first kappa shape index (κ1) is 17.0. The Kier molecular flexibility index (Phi) is 6.75. The van der Waals surface area contributed by atoms with Crippen LogP contribution in [0.15, 0.2) is 21.9 Å². The van der Waals surface area contributed by atoms with Crippen LogP contribution in [0.25, 0.3) is 20.9 Å². The number of allylic oxidation sites excluding steroid dienone is 1. The summed E-state index contributed by atoms with van der Waals surface area (Å²) in [5.74, 6) is -0.888. The molecule has 1 amide bonds. The number of azide groups is 2. The molecule has 0 saturated heterocycles. The zero-order chi connectivity index (χ0) is 15.8. The Bertz CT molecular complexity index is 503. The van der Waals surface area contributed by atoms with Crippen molar-refractivity contribution in [3.63, 3.8) is 0 Å². The summed E-state index contributed by atoms with van der Waals surface area (Å²) in [6, 6.07) is -0.819. The minimum absolute atomic E-state index is 0.287. The van der Waals surface area contributed by atoms with Crippen LogP contribution in [-0.4, -0.2) is 18.0 Å². The quantitative estimate of drug-likeness (QED) is 0.367. The molecule has 114 valence electrons. The molecule has 1 aliphatic carbocycles. The van der Waals surface area contributed by atoms with Crippen LogP contribution in [0.4, 0.5) is 0 Å². The largest absolute Gasteiger partial charge is 0.327 e. The number of nitrogens with two attached hydrogens (primary N) is 1. The van der Waals surface area contributed by atoms with Crippen LogP contribution in [-0.2, 0) is 4.79 Å². The summed E-state index contributed by atoms with van der Waals surface area (Å²) in [5.41, 5.74) is 24.3. The SMILES string of the molecule is CC/C1=C/C(C)CCC(N)C(C(=O)N=[N+]=[N-])CC1N=[N+]=[N-]. The lowest BCUT2D eigenvalue weighted by molar-refractivity contribution is -0.122. The van der Waals surface area contributed by atoms with E-state index in [0.29, 0.717) is 12.3 Å². The Hall–Kier alpha value is -2.01. The van der Waals surface area contributed by atoms with Gasteiger partial charge in [-0.1, -0.05) is 30.6 Å². The number of amides is 1. The molecule has 0 spiro atoms. The molecule has 0 saturated carbocycles. The smallest absolute Gasteiger partial charge is 0.223 e. The van der Waals surface area contributed by atoms with E-state index in [9.17, 15) is 4.79 Å². The van der Waals surface area contributed by atoms with E-state index >= 15 is 0 Å². The summed E-state index contributed by atoms with van der Waals surface area (Å²) in [5, 5.41) is 6.98. The Labute approximate surface area is 123 Å². The van der Waals surface area contributed by atoms with Crippen molar-refractivity contribution >= 4 is 5.91 Å². The minimum Gasteiger partial charge on any atom is -0.327 e. The Morgan fingerprint density at radius 2 is 2.14 bits per heavy atom. The average Bonchev–Trinajstić information content (AvgIpc) is 2.51. The summed E-state index contributed by atoms with van der Waals surface area (Å²) in [7, 11) is 0. The van der Waals surface area contributed by atoms with Crippen LogP contribution in [0.5, 0.6) is 0 Å². The van der Waals surface area contributed by atoms with Crippen molar-refractivity contribution in [1.82, 2.24) is 0 Å². The molecular weight excluding hydrogens is 270 g/mol. The highest BCUT2D eigenvalue weighted by Gasteiger charge is 2.30. The maximum absolute atomic E-state index is 12.0. The fourth-order valence-corrected chi connectivity index (χ4v) is 2.72. The molecule has 0 aromatic rings. The average molecular weight is 291 g/mol. The van der Waals surface area contributed by atoms with Gasteiger partial charge in [-0.05, 0) is 47.8 Å². The predicted octanol–water partition coefficient (Wildman–Crippen LogP) is 3.60. The third-order valence-corrected chi connectivity index (χ3v) is 3.94. The zero-order valence-corrected chi connectivity index (χ0v) is 12.4. The molecule has 0 aliphatic heterocycles. The molecule has 21 heavy (non-hydrogen) atoms. The lowest BCUT2D eigenvalue weighted by atomic mass is 9.88. The third kappa shape index (κ3) is 4.79. The number of hydrogen-bond donors (Lipinski definition) is 1. The number of rotatable bonds is 3. The van der Waals surface area contributed by atoms with Crippen LogP contribution in [0.3, 0.4) is 0 Å². The van der Waals surface area contributed by atoms with Gasteiger partial charge in [0.05, 0.1) is 6.04 Å². The fraction of sp³-hybridized carbons (Fsp3) is 0.769. The van der Waals surface area contributed by atoms with Crippen molar-refractivity contribution in [2.24, 2.45) is 27.8 Å². The molecule has 0 fully saturated rings. The molecule has 1 rings (SSSR count). The van der Waals surface area contributed by atoms with E-state index < -0.39 is 23.9 Å². The maximum Gasteiger partial charge on any atom is 0.223 e. The summed E-state index contributed by atoms with van der Waals surface area (Å²) in [6.45, 7) is 4.06. The molecule has 1 aliphatic rings. The molecule has 2 N–H and O–H groups in total. The zero-order valence-electron chi connectivity index (χ0n) is 12.4. The second kappa shape index (κ2) is 8.32. The topological polar surface area (TPSA) is 141 Å². The number of carbonyl (C=O) groups is 1. The first-order valence-electron chi connectivity index (χ1n) is 7.12. The summed E-state index contributed by atoms with van der Waals surface area (Å²) >= 11 is 0. The van der Waals surface area contributed by atoms with Crippen molar-refractivity contribution in [3.8, 4) is 0 Å². The second-order valence-corrected chi connectivity index (χ2v) is 5.40. The minimum atomic E-state index is -0.614. The number of carbonyl (C=O) groups excluding carboxylic acids is 1. The van der Waals surface area contributed by atoms with Gasteiger partial charge in [0.15, 0.2) is 0 Å². The highest BCUT2D eigenvalue weighted by atomic mass is 16.1. The van der Waals surface area contributed by atoms with Gasteiger partial charge in [0.1, 0.15) is 0 Å². The van der Waals surface area contributed by atoms with Crippen LogP contribution >= 0.6 is 0 Å². The van der Waals surface area contributed by atoms with E-state index in [2.05, 4.69) is 33.1 Å². The molecule has 0 heterocycles. The lowest BCUT2D eigenvalue weighted by Gasteiger charge is -2.23. The van der Waals surface area contributed by atoms with Gasteiger partial charge in [0.2, 0.25) is 5.91 Å². The second-order valence-electron chi connectivity index (χ2n) is 5.40. The number of nitrogens with zero attached hydrogens (tertiary/aromatic N) is 6.